The van der Waals surface area contributed by atoms with Crippen molar-refractivity contribution in [3.8, 4) is 22.3 Å². The zero-order valence-corrected chi connectivity index (χ0v) is 33.6. The Hall–Kier alpha value is -6.24. The first-order valence-electron chi connectivity index (χ1n) is 20.7. The lowest BCUT2D eigenvalue weighted by molar-refractivity contribution is 0.767. The van der Waals surface area contributed by atoms with E-state index in [1.165, 1.54) is 95.4 Å². The second-order valence-corrected chi connectivity index (χ2v) is 16.0. The molecule has 4 bridgehead atoms. The predicted octanol–water partition coefficient (Wildman–Crippen LogP) is 14.2. The van der Waals surface area contributed by atoms with Gasteiger partial charge in [-0.3, -0.25) is 0 Å². The van der Waals surface area contributed by atoms with Crippen molar-refractivity contribution in [2.45, 2.75) is 57.8 Å². The van der Waals surface area contributed by atoms with Crippen LogP contribution in [0, 0.1) is 13.8 Å². The SMILES string of the molecule is CCC.Cc1ccc(C2(c3ccc(C)cc3)c3ccccc3-c3ccccc32)cc1.c1ccc2c(c1)-c1ccccc1C21c2ccc(cc2)CCc2ccc1cc2. The molecule has 6 aliphatic carbocycles. The monoisotopic (exact) mass is 734 g/mol. The zero-order valence-electron chi connectivity index (χ0n) is 33.6. The van der Waals surface area contributed by atoms with Gasteiger partial charge in [-0.05, 0) is 105 Å². The van der Waals surface area contributed by atoms with Crippen molar-refractivity contribution in [3.05, 3.63) is 261 Å². The summed E-state index contributed by atoms with van der Waals surface area (Å²) in [6, 6.07) is 72.5. The summed E-state index contributed by atoms with van der Waals surface area (Å²) in [5, 5.41) is 0. The molecule has 8 aromatic rings. The third-order valence-electron chi connectivity index (χ3n) is 12.4. The first-order valence-corrected chi connectivity index (χ1v) is 20.7. The van der Waals surface area contributed by atoms with Crippen LogP contribution in [0.15, 0.2) is 194 Å². The Morgan fingerprint density at radius 1 is 0.316 bits per heavy atom. The minimum Gasteiger partial charge on any atom is -0.0656 e. The van der Waals surface area contributed by atoms with Crippen LogP contribution in [-0.2, 0) is 23.7 Å². The molecular formula is C57H50. The van der Waals surface area contributed by atoms with Crippen LogP contribution >= 0.6 is 0 Å². The van der Waals surface area contributed by atoms with Crippen LogP contribution in [0.4, 0.5) is 0 Å². The van der Waals surface area contributed by atoms with Crippen LogP contribution in [0.25, 0.3) is 22.3 Å². The van der Waals surface area contributed by atoms with E-state index >= 15 is 0 Å². The fourth-order valence-electron chi connectivity index (χ4n) is 9.79. The lowest BCUT2D eigenvalue weighted by Gasteiger charge is -2.34. The van der Waals surface area contributed by atoms with Gasteiger partial charge < -0.3 is 0 Å². The first-order chi connectivity index (χ1) is 28.0. The van der Waals surface area contributed by atoms with E-state index in [-0.39, 0.29) is 10.8 Å². The molecule has 0 amide bonds. The molecule has 0 saturated carbocycles. The molecule has 0 radical (unpaired) electrons. The number of aryl methyl sites for hydroxylation is 4. The van der Waals surface area contributed by atoms with Gasteiger partial charge >= 0.3 is 0 Å². The summed E-state index contributed by atoms with van der Waals surface area (Å²) in [6.45, 7) is 8.55. The van der Waals surface area contributed by atoms with Crippen molar-refractivity contribution in [2.75, 3.05) is 0 Å². The molecule has 0 saturated heterocycles. The summed E-state index contributed by atoms with van der Waals surface area (Å²) in [6.07, 6.45) is 3.44. The van der Waals surface area contributed by atoms with Gasteiger partial charge in [-0.15, -0.1) is 0 Å². The highest BCUT2D eigenvalue weighted by molar-refractivity contribution is 5.87. The Labute approximate surface area is 339 Å². The Bertz CT molecular complexity index is 2380. The maximum Gasteiger partial charge on any atom is 0.0713 e. The highest BCUT2D eigenvalue weighted by Gasteiger charge is 2.47. The van der Waals surface area contributed by atoms with Gasteiger partial charge in [-0.2, -0.15) is 0 Å². The fraction of sp³-hybridized carbons (Fsp3) is 0.158. The molecule has 14 rings (SSSR count). The smallest absolute Gasteiger partial charge is 0.0656 e. The average Bonchev–Trinajstić information content (AvgIpc) is 3.70. The summed E-state index contributed by atoms with van der Waals surface area (Å²) in [5.41, 5.74) is 21.2. The highest BCUT2D eigenvalue weighted by atomic mass is 14.5. The van der Waals surface area contributed by atoms with E-state index in [0.717, 1.165) is 12.8 Å². The third kappa shape index (κ3) is 5.89. The van der Waals surface area contributed by atoms with Gasteiger partial charge in [0.05, 0.1) is 10.8 Å². The van der Waals surface area contributed by atoms with Crippen molar-refractivity contribution in [1.82, 2.24) is 0 Å². The van der Waals surface area contributed by atoms with Crippen molar-refractivity contribution in [2.24, 2.45) is 0 Å². The minimum absolute atomic E-state index is 0.241. The quantitative estimate of drug-likeness (QED) is 0.166. The molecule has 0 heterocycles. The molecule has 0 N–H and O–H groups in total. The average molecular weight is 735 g/mol. The molecule has 0 unspecified atom stereocenters. The van der Waals surface area contributed by atoms with Crippen LogP contribution in [0.3, 0.4) is 0 Å². The maximum atomic E-state index is 2.35. The lowest BCUT2D eigenvalue weighted by atomic mass is 9.67. The van der Waals surface area contributed by atoms with E-state index in [1.54, 1.807) is 0 Å². The van der Waals surface area contributed by atoms with Gasteiger partial charge in [0.25, 0.3) is 0 Å². The second kappa shape index (κ2) is 15.0. The molecule has 0 nitrogen and oxygen atoms in total. The summed E-state index contributed by atoms with van der Waals surface area (Å²) in [4.78, 5) is 0. The number of benzene rings is 8. The van der Waals surface area contributed by atoms with Gasteiger partial charge in [-0.1, -0.05) is 226 Å². The third-order valence-corrected chi connectivity index (χ3v) is 12.4. The van der Waals surface area contributed by atoms with E-state index in [9.17, 15) is 0 Å². The minimum atomic E-state index is -0.269. The van der Waals surface area contributed by atoms with Crippen LogP contribution in [0.2, 0.25) is 0 Å². The molecule has 0 atom stereocenters. The van der Waals surface area contributed by atoms with Crippen LogP contribution < -0.4 is 0 Å². The van der Waals surface area contributed by atoms with E-state index in [2.05, 4.69) is 222 Å². The van der Waals surface area contributed by atoms with Crippen molar-refractivity contribution in [3.63, 3.8) is 0 Å². The summed E-state index contributed by atoms with van der Waals surface area (Å²) >= 11 is 0. The number of hydrogen-bond acceptors (Lipinski definition) is 0. The number of hydrogen-bond donors (Lipinski definition) is 0. The summed E-state index contributed by atoms with van der Waals surface area (Å²) in [7, 11) is 0. The Balaban J connectivity index is 0.000000139. The Kier molecular flexibility index (Phi) is 9.59. The van der Waals surface area contributed by atoms with Gasteiger partial charge in [0.2, 0.25) is 0 Å². The summed E-state index contributed by atoms with van der Waals surface area (Å²) in [5.74, 6) is 0. The summed E-state index contributed by atoms with van der Waals surface area (Å²) < 4.78 is 0. The molecule has 1 spiro atoms. The molecule has 57 heavy (non-hydrogen) atoms. The predicted molar refractivity (Wildman–Crippen MR) is 240 cm³/mol. The van der Waals surface area contributed by atoms with Gasteiger partial charge in [0.15, 0.2) is 0 Å². The Morgan fingerprint density at radius 3 is 0.807 bits per heavy atom. The van der Waals surface area contributed by atoms with Crippen LogP contribution in [0.1, 0.15) is 87.0 Å². The normalized spacial score (nSPS) is 14.2. The van der Waals surface area contributed by atoms with Crippen molar-refractivity contribution in [1.29, 1.82) is 0 Å². The standard InChI is InChI=1S/C27H20.C27H22.C3H8/c1-3-7-25-23(5-1)24-6-2-4-8-26(24)27(25)21-15-11-19(12-16-21)9-10-20-13-17-22(27)18-14-20;1-19-11-15-21(16-12-19)27(22-17-13-20(2)14-18-22)25-9-5-3-7-23(25)24-8-4-6-10-26(24)27;1-3-2/h1-8,11-18H,9-10H2;3-18H,1-2H3;3H2,1-2H3. The number of rotatable bonds is 2. The van der Waals surface area contributed by atoms with E-state index in [0.29, 0.717) is 0 Å². The van der Waals surface area contributed by atoms with E-state index in [1.807, 2.05) is 0 Å². The number of fused-ring (bicyclic) bond motifs is 6. The van der Waals surface area contributed by atoms with Crippen molar-refractivity contribution < 1.29 is 0 Å². The molecule has 8 aromatic carbocycles. The van der Waals surface area contributed by atoms with Gasteiger partial charge in [-0.25, -0.2) is 0 Å². The second-order valence-electron chi connectivity index (χ2n) is 16.0. The molecular weight excluding hydrogens is 685 g/mol. The highest BCUT2D eigenvalue weighted by Crippen LogP contribution is 2.57. The molecule has 0 aromatic heterocycles. The maximum absolute atomic E-state index is 2.35. The van der Waals surface area contributed by atoms with Gasteiger partial charge in [0, 0.05) is 0 Å². The van der Waals surface area contributed by atoms with E-state index < -0.39 is 0 Å². The van der Waals surface area contributed by atoms with Crippen LogP contribution in [0.5, 0.6) is 0 Å². The van der Waals surface area contributed by atoms with Gasteiger partial charge in [0.1, 0.15) is 0 Å². The molecule has 6 aliphatic rings. The fourth-order valence-corrected chi connectivity index (χ4v) is 9.79. The van der Waals surface area contributed by atoms with Crippen molar-refractivity contribution >= 4 is 0 Å². The van der Waals surface area contributed by atoms with Crippen LogP contribution in [-0.4, -0.2) is 0 Å². The lowest BCUT2D eigenvalue weighted by Crippen LogP contribution is -2.28. The molecule has 0 aliphatic heterocycles. The largest absolute Gasteiger partial charge is 0.0713 e. The van der Waals surface area contributed by atoms with E-state index in [4.69, 9.17) is 0 Å². The Morgan fingerprint density at radius 2 is 0.544 bits per heavy atom. The topological polar surface area (TPSA) is 0 Å². The zero-order chi connectivity index (χ0) is 39.0. The first kappa shape index (κ1) is 36.4. The molecule has 0 heteroatoms. The molecule has 278 valence electrons. The molecule has 0 fully saturated rings.